The van der Waals surface area contributed by atoms with Gasteiger partial charge in [-0.05, 0) is 80.9 Å². The summed E-state index contributed by atoms with van der Waals surface area (Å²) in [4.78, 5) is 12.1. The van der Waals surface area contributed by atoms with Crippen LogP contribution in [0.2, 0.25) is 23.2 Å². The molecule has 2 aliphatic heterocycles. The molecule has 0 spiro atoms. The Balaban J connectivity index is 1.61. The summed E-state index contributed by atoms with van der Waals surface area (Å²) in [5.41, 5.74) is 0. The third kappa shape index (κ3) is 9.29. The lowest BCUT2D eigenvalue weighted by molar-refractivity contribution is -0.201. The van der Waals surface area contributed by atoms with E-state index in [4.69, 9.17) is 39.7 Å². The summed E-state index contributed by atoms with van der Waals surface area (Å²) in [5, 5.41) is 0.685. The topological polar surface area (TPSA) is 72.5 Å². The second kappa shape index (κ2) is 15.5. The van der Waals surface area contributed by atoms with Gasteiger partial charge in [-0.15, -0.1) is 0 Å². The van der Waals surface area contributed by atoms with Crippen molar-refractivity contribution >= 4 is 26.2 Å². The van der Waals surface area contributed by atoms with Gasteiger partial charge in [0.1, 0.15) is 17.8 Å². The zero-order valence-corrected chi connectivity index (χ0v) is 27.9. The predicted molar refractivity (Wildman–Crippen MR) is 167 cm³/mol. The number of carbonyl (C=O) groups excluding carboxylic acids is 1. The van der Waals surface area contributed by atoms with Crippen LogP contribution in [0.25, 0.3) is 0 Å². The van der Waals surface area contributed by atoms with Crippen LogP contribution >= 0.6 is 11.6 Å². The minimum Gasteiger partial charge on any atom is -0.493 e. The van der Waals surface area contributed by atoms with Gasteiger partial charge in [-0.2, -0.15) is 0 Å². The molecule has 1 aromatic rings. The number of halogens is 1. The van der Waals surface area contributed by atoms with Crippen molar-refractivity contribution in [1.82, 2.24) is 0 Å². The maximum Gasteiger partial charge on any atom is 0.199 e. The van der Waals surface area contributed by atoms with Crippen LogP contribution in [0.1, 0.15) is 78.6 Å². The monoisotopic (exact) mass is 622 g/mol. The van der Waals surface area contributed by atoms with Crippen LogP contribution in [0.5, 0.6) is 5.75 Å². The molecule has 4 rings (SSSR count). The van der Waals surface area contributed by atoms with Gasteiger partial charge in [0.05, 0.1) is 25.4 Å². The van der Waals surface area contributed by atoms with Gasteiger partial charge >= 0.3 is 0 Å². The van der Waals surface area contributed by atoms with Crippen molar-refractivity contribution in [2.75, 3.05) is 19.8 Å². The van der Waals surface area contributed by atoms with Gasteiger partial charge in [0.25, 0.3) is 0 Å². The van der Waals surface area contributed by atoms with E-state index in [2.05, 4.69) is 39.9 Å². The Kier molecular flexibility index (Phi) is 12.4. The second-order valence-electron chi connectivity index (χ2n) is 13.3. The standard InChI is InChI=1S/C33H51ClO7Si/c1-33(2,3)42(4,5)41-28-23-29(40-31-16-7-9-20-38-31)32(26(28)17-18-35)27(39-30-15-6-8-19-37-30)14-11-21-36-25-13-10-12-24(34)22-25/h10,12-14,18,22,26,28-32H,6-9,11,15-17,19-21,23H2,1-5H3/b27-14+/t26-,28?,29+,30?,31?,32+/m1/s1. The summed E-state index contributed by atoms with van der Waals surface area (Å²) < 4.78 is 38.4. The average molecular weight is 623 g/mol. The number of hydrogen-bond donors (Lipinski definition) is 0. The van der Waals surface area contributed by atoms with E-state index in [0.717, 1.165) is 56.3 Å². The number of carbonyl (C=O) groups is 1. The van der Waals surface area contributed by atoms with Crippen molar-refractivity contribution in [1.29, 1.82) is 0 Å². The molecule has 7 nitrogen and oxygen atoms in total. The predicted octanol–water partition coefficient (Wildman–Crippen LogP) is 8.06. The Morgan fingerprint density at radius 3 is 2.38 bits per heavy atom. The fraction of sp³-hybridized carbons (Fsp3) is 0.727. The molecular weight excluding hydrogens is 572 g/mol. The largest absolute Gasteiger partial charge is 0.493 e. The molecule has 236 valence electrons. The smallest absolute Gasteiger partial charge is 0.199 e. The van der Waals surface area contributed by atoms with Crippen molar-refractivity contribution < 1.29 is 32.9 Å². The molecule has 3 fully saturated rings. The Labute approximate surface area is 258 Å². The van der Waals surface area contributed by atoms with E-state index in [0.29, 0.717) is 44.1 Å². The van der Waals surface area contributed by atoms with E-state index in [1.807, 2.05) is 24.3 Å². The molecular formula is C33H51ClO7Si. The van der Waals surface area contributed by atoms with Crippen LogP contribution in [-0.4, -0.2) is 59.2 Å². The molecule has 2 saturated heterocycles. The highest BCUT2D eigenvalue weighted by atomic mass is 35.5. The molecule has 3 aliphatic rings. The average Bonchev–Trinajstić information content (AvgIpc) is 3.26. The maximum atomic E-state index is 12.1. The van der Waals surface area contributed by atoms with Gasteiger partial charge in [0.2, 0.25) is 0 Å². The third-order valence-corrected chi connectivity index (χ3v) is 13.9. The van der Waals surface area contributed by atoms with Crippen molar-refractivity contribution in [3.05, 3.63) is 41.1 Å². The molecule has 2 heterocycles. The highest BCUT2D eigenvalue weighted by molar-refractivity contribution is 6.74. The van der Waals surface area contributed by atoms with E-state index < -0.39 is 8.32 Å². The number of ether oxygens (including phenoxy) is 5. The first kappa shape index (κ1) is 33.5. The van der Waals surface area contributed by atoms with Crippen LogP contribution in [0.3, 0.4) is 0 Å². The van der Waals surface area contributed by atoms with Gasteiger partial charge < -0.3 is 32.9 Å². The molecule has 0 amide bonds. The summed E-state index contributed by atoms with van der Waals surface area (Å²) in [7, 11) is -2.12. The fourth-order valence-corrected chi connectivity index (χ4v) is 7.42. The molecule has 3 unspecified atom stereocenters. The summed E-state index contributed by atoms with van der Waals surface area (Å²) in [6.45, 7) is 13.1. The van der Waals surface area contributed by atoms with Crippen molar-refractivity contribution in [2.45, 2.75) is 121 Å². The Morgan fingerprint density at radius 1 is 1.05 bits per heavy atom. The quantitative estimate of drug-likeness (QED) is 0.0953. The van der Waals surface area contributed by atoms with Gasteiger partial charge in [0.15, 0.2) is 20.9 Å². The third-order valence-electron chi connectivity index (χ3n) is 9.15. The molecule has 1 aliphatic carbocycles. The van der Waals surface area contributed by atoms with E-state index in [9.17, 15) is 4.79 Å². The number of hydrogen-bond acceptors (Lipinski definition) is 7. The highest BCUT2D eigenvalue weighted by Gasteiger charge is 2.51. The highest BCUT2D eigenvalue weighted by Crippen LogP contribution is 2.47. The second-order valence-corrected chi connectivity index (χ2v) is 18.5. The maximum absolute atomic E-state index is 12.1. The molecule has 9 heteroatoms. The van der Waals surface area contributed by atoms with Gasteiger partial charge in [-0.3, -0.25) is 0 Å². The first-order valence-corrected chi connectivity index (χ1v) is 19.1. The van der Waals surface area contributed by atoms with E-state index >= 15 is 0 Å². The number of benzene rings is 1. The summed E-state index contributed by atoms with van der Waals surface area (Å²) in [5.74, 6) is 1.30. The minimum absolute atomic E-state index is 0.0441. The van der Waals surface area contributed by atoms with E-state index in [1.54, 1.807) is 0 Å². The summed E-state index contributed by atoms with van der Waals surface area (Å²) in [6, 6.07) is 7.42. The molecule has 42 heavy (non-hydrogen) atoms. The first-order chi connectivity index (χ1) is 20.1. The van der Waals surface area contributed by atoms with Crippen molar-refractivity contribution in [2.24, 2.45) is 11.8 Å². The fourth-order valence-electron chi connectivity index (χ4n) is 5.86. The lowest BCUT2D eigenvalue weighted by Crippen LogP contribution is -2.45. The molecule has 1 saturated carbocycles. The molecule has 0 bridgehead atoms. The van der Waals surface area contributed by atoms with Crippen LogP contribution < -0.4 is 4.74 Å². The van der Waals surface area contributed by atoms with E-state index in [-0.39, 0.29) is 41.7 Å². The van der Waals surface area contributed by atoms with Crippen molar-refractivity contribution in [3.63, 3.8) is 0 Å². The summed E-state index contributed by atoms with van der Waals surface area (Å²) >= 11 is 6.14. The normalized spacial score (nSPS) is 29.3. The zero-order valence-electron chi connectivity index (χ0n) is 26.1. The Bertz CT molecular complexity index is 1010. The van der Waals surface area contributed by atoms with Crippen LogP contribution in [0.15, 0.2) is 36.1 Å². The molecule has 0 aromatic heterocycles. The van der Waals surface area contributed by atoms with Crippen molar-refractivity contribution in [3.8, 4) is 5.75 Å². The molecule has 1 aromatic carbocycles. The van der Waals surface area contributed by atoms with Gasteiger partial charge in [-0.1, -0.05) is 38.4 Å². The first-order valence-electron chi connectivity index (χ1n) is 15.8. The molecule has 0 radical (unpaired) electrons. The number of aldehydes is 1. The minimum atomic E-state index is -2.12. The Morgan fingerprint density at radius 2 is 1.76 bits per heavy atom. The van der Waals surface area contributed by atoms with Gasteiger partial charge in [-0.25, -0.2) is 0 Å². The van der Waals surface area contributed by atoms with Crippen LogP contribution in [0, 0.1) is 11.8 Å². The Hall–Kier alpha value is -1.42. The number of rotatable bonds is 13. The summed E-state index contributed by atoms with van der Waals surface area (Å²) in [6.07, 6.45) is 9.88. The molecule has 6 atom stereocenters. The molecule has 0 N–H and O–H groups in total. The van der Waals surface area contributed by atoms with Crippen LogP contribution in [0.4, 0.5) is 0 Å². The lowest BCUT2D eigenvalue weighted by atomic mass is 9.88. The SMILES string of the molecule is CC(C)(C)[Si](C)(C)OC1C[C@H](OC2CCCCO2)[C@H](/C(=C\CCOc2cccc(Cl)c2)OC2CCCCO2)[C@@H]1CC=O. The lowest BCUT2D eigenvalue weighted by Gasteiger charge is -2.40. The van der Waals surface area contributed by atoms with E-state index in [1.165, 1.54) is 0 Å². The van der Waals surface area contributed by atoms with Crippen LogP contribution in [-0.2, 0) is 28.2 Å². The zero-order chi connectivity index (χ0) is 30.2. The van der Waals surface area contributed by atoms with Gasteiger partial charge in [0, 0.05) is 42.7 Å².